The maximum Gasteiger partial charge on any atom is 0.151 e. The Morgan fingerprint density at radius 2 is 1.44 bits per heavy atom. The molecule has 0 aromatic heterocycles. The van der Waals surface area contributed by atoms with Crippen molar-refractivity contribution >= 4 is 28.8 Å². The normalized spacial score (nSPS) is 15.9. The van der Waals surface area contributed by atoms with Crippen LogP contribution in [0.3, 0.4) is 0 Å². The molecule has 0 N–H and O–H groups in total. The molecule has 2 aliphatic rings. The SMILES string of the molecule is C/C=C1\C=Cc2cc(N3c4ccccc4Oc4ccccc43)ccc2N1C. The number of nitrogens with zero attached hydrogens (tertiary/aromatic N) is 2. The van der Waals surface area contributed by atoms with Gasteiger partial charge in [0.2, 0.25) is 0 Å². The van der Waals surface area contributed by atoms with Crippen molar-refractivity contribution in [3.05, 3.63) is 90.1 Å². The zero-order valence-corrected chi connectivity index (χ0v) is 15.4. The van der Waals surface area contributed by atoms with Gasteiger partial charge in [-0.15, -0.1) is 0 Å². The topological polar surface area (TPSA) is 15.7 Å². The lowest BCUT2D eigenvalue weighted by Gasteiger charge is -2.34. The van der Waals surface area contributed by atoms with Gasteiger partial charge in [0, 0.05) is 29.7 Å². The predicted octanol–water partition coefficient (Wildman–Crippen LogP) is 6.63. The van der Waals surface area contributed by atoms with E-state index in [9.17, 15) is 0 Å². The number of para-hydroxylation sites is 4. The molecule has 2 aliphatic heterocycles. The van der Waals surface area contributed by atoms with E-state index in [1.165, 1.54) is 16.9 Å². The van der Waals surface area contributed by atoms with E-state index >= 15 is 0 Å². The molecule has 3 nitrogen and oxygen atoms in total. The molecule has 2 heterocycles. The quantitative estimate of drug-likeness (QED) is 0.382. The molecule has 0 fully saturated rings. The first-order valence-electron chi connectivity index (χ1n) is 9.14. The number of fused-ring (bicyclic) bond motifs is 3. The van der Waals surface area contributed by atoms with Gasteiger partial charge in [0.25, 0.3) is 0 Å². The second-order valence-corrected chi connectivity index (χ2v) is 6.72. The van der Waals surface area contributed by atoms with Gasteiger partial charge in [0.1, 0.15) is 0 Å². The van der Waals surface area contributed by atoms with Crippen molar-refractivity contribution in [2.75, 3.05) is 16.8 Å². The Balaban J connectivity index is 1.68. The Hall–Kier alpha value is -3.46. The van der Waals surface area contributed by atoms with Crippen LogP contribution in [0.15, 0.2) is 84.6 Å². The van der Waals surface area contributed by atoms with E-state index in [1.54, 1.807) is 0 Å². The minimum absolute atomic E-state index is 0.873. The third-order valence-electron chi connectivity index (χ3n) is 5.18. The van der Waals surface area contributed by atoms with Gasteiger partial charge in [0.15, 0.2) is 11.5 Å². The first kappa shape index (κ1) is 15.8. The second-order valence-electron chi connectivity index (χ2n) is 6.72. The van der Waals surface area contributed by atoms with Crippen LogP contribution in [0.5, 0.6) is 11.5 Å². The lowest BCUT2D eigenvalue weighted by atomic mass is 10.0. The van der Waals surface area contributed by atoms with Crippen molar-refractivity contribution in [1.82, 2.24) is 0 Å². The second kappa shape index (κ2) is 6.06. The molecule has 3 aromatic carbocycles. The fourth-order valence-corrected chi connectivity index (χ4v) is 3.82. The molecular weight excluding hydrogens is 332 g/mol. The van der Waals surface area contributed by atoms with Crippen LogP contribution in [-0.2, 0) is 0 Å². The standard InChI is InChI=1S/C24H20N2O/c1-3-18-13-12-17-16-19(14-15-20(17)25(18)2)26-21-8-4-6-10-23(21)27-24-11-7-5-9-22(24)26/h3-16H,1-2H3/b18-3+. The van der Waals surface area contributed by atoms with Crippen molar-refractivity contribution in [2.45, 2.75) is 6.92 Å². The number of rotatable bonds is 1. The predicted molar refractivity (Wildman–Crippen MR) is 112 cm³/mol. The first-order valence-corrected chi connectivity index (χ1v) is 9.14. The van der Waals surface area contributed by atoms with Gasteiger partial charge in [-0.2, -0.15) is 0 Å². The summed E-state index contributed by atoms with van der Waals surface area (Å²) in [6.45, 7) is 2.07. The fourth-order valence-electron chi connectivity index (χ4n) is 3.82. The van der Waals surface area contributed by atoms with E-state index < -0.39 is 0 Å². The molecule has 0 bridgehead atoms. The molecule has 3 aromatic rings. The van der Waals surface area contributed by atoms with Gasteiger partial charge in [0.05, 0.1) is 11.4 Å². The maximum atomic E-state index is 6.12. The molecule has 0 radical (unpaired) electrons. The summed E-state index contributed by atoms with van der Waals surface area (Å²) in [6, 6.07) is 23.0. The van der Waals surface area contributed by atoms with E-state index in [-0.39, 0.29) is 0 Å². The Morgan fingerprint density at radius 1 is 0.778 bits per heavy atom. The minimum Gasteiger partial charge on any atom is -0.453 e. The van der Waals surface area contributed by atoms with Gasteiger partial charge >= 0.3 is 0 Å². The molecule has 0 spiro atoms. The maximum absolute atomic E-state index is 6.12. The van der Waals surface area contributed by atoms with Crippen LogP contribution in [0.2, 0.25) is 0 Å². The lowest BCUT2D eigenvalue weighted by Crippen LogP contribution is -2.19. The van der Waals surface area contributed by atoms with Crippen LogP contribution in [-0.4, -0.2) is 7.05 Å². The van der Waals surface area contributed by atoms with E-state index in [0.717, 1.165) is 28.6 Å². The van der Waals surface area contributed by atoms with E-state index in [2.05, 4.69) is 72.3 Å². The fraction of sp³-hybridized carbons (Fsp3) is 0.0833. The molecule has 3 heteroatoms. The molecule has 0 saturated carbocycles. The lowest BCUT2D eigenvalue weighted by molar-refractivity contribution is 0.477. The summed E-state index contributed by atoms with van der Waals surface area (Å²) in [5, 5.41) is 0. The summed E-state index contributed by atoms with van der Waals surface area (Å²) in [7, 11) is 2.11. The van der Waals surface area contributed by atoms with Crippen molar-refractivity contribution in [1.29, 1.82) is 0 Å². The summed E-state index contributed by atoms with van der Waals surface area (Å²) in [4.78, 5) is 4.49. The van der Waals surface area contributed by atoms with Crippen molar-refractivity contribution in [3.63, 3.8) is 0 Å². The van der Waals surface area contributed by atoms with Crippen molar-refractivity contribution < 1.29 is 4.74 Å². The Bertz CT molecular complexity index is 1050. The zero-order valence-electron chi connectivity index (χ0n) is 15.4. The highest BCUT2D eigenvalue weighted by molar-refractivity contribution is 5.88. The number of benzene rings is 3. The molecule has 0 aliphatic carbocycles. The van der Waals surface area contributed by atoms with Crippen LogP contribution in [0, 0.1) is 0 Å². The summed E-state index contributed by atoms with van der Waals surface area (Å²) < 4.78 is 6.12. The highest BCUT2D eigenvalue weighted by atomic mass is 16.5. The number of anilines is 4. The molecule has 0 unspecified atom stereocenters. The Morgan fingerprint density at radius 3 is 2.11 bits per heavy atom. The number of hydrogen-bond acceptors (Lipinski definition) is 3. The third kappa shape index (κ3) is 2.43. The van der Waals surface area contributed by atoms with Crippen LogP contribution in [0.1, 0.15) is 12.5 Å². The molecule has 27 heavy (non-hydrogen) atoms. The summed E-state index contributed by atoms with van der Waals surface area (Å²) in [5.74, 6) is 1.75. The molecule has 0 amide bonds. The van der Waals surface area contributed by atoms with Crippen molar-refractivity contribution in [2.24, 2.45) is 0 Å². The van der Waals surface area contributed by atoms with E-state index in [4.69, 9.17) is 4.74 Å². The van der Waals surface area contributed by atoms with Crippen LogP contribution >= 0.6 is 0 Å². The van der Waals surface area contributed by atoms with E-state index in [0.29, 0.717) is 0 Å². The molecular formula is C24H20N2O. The molecule has 0 saturated heterocycles. The monoisotopic (exact) mass is 352 g/mol. The largest absolute Gasteiger partial charge is 0.453 e. The number of ether oxygens (including phenoxy) is 1. The summed E-state index contributed by atoms with van der Waals surface area (Å²) in [6.07, 6.45) is 6.47. The van der Waals surface area contributed by atoms with Crippen molar-refractivity contribution in [3.8, 4) is 11.5 Å². The van der Waals surface area contributed by atoms with Crippen LogP contribution in [0.25, 0.3) is 6.08 Å². The summed E-state index contributed by atoms with van der Waals surface area (Å²) in [5.41, 5.74) is 6.86. The molecule has 132 valence electrons. The highest BCUT2D eigenvalue weighted by Gasteiger charge is 2.26. The Kier molecular flexibility index (Phi) is 3.54. The zero-order chi connectivity index (χ0) is 18.4. The van der Waals surface area contributed by atoms with Gasteiger partial charge in [-0.1, -0.05) is 36.4 Å². The number of hydrogen-bond donors (Lipinski definition) is 0. The average Bonchev–Trinajstić information content (AvgIpc) is 2.72. The highest BCUT2D eigenvalue weighted by Crippen LogP contribution is 2.50. The third-order valence-corrected chi connectivity index (χ3v) is 5.18. The molecule has 5 rings (SSSR count). The van der Waals surface area contributed by atoms with E-state index in [1.807, 2.05) is 36.4 Å². The number of allylic oxidation sites excluding steroid dienone is 2. The first-order chi connectivity index (χ1) is 13.3. The minimum atomic E-state index is 0.873. The van der Waals surface area contributed by atoms with Gasteiger partial charge in [-0.25, -0.2) is 0 Å². The number of likely N-dealkylation sites (N-methyl/N-ethyl adjacent to an activating group) is 1. The van der Waals surface area contributed by atoms with Gasteiger partial charge in [-0.05, 0) is 55.5 Å². The van der Waals surface area contributed by atoms with Gasteiger partial charge < -0.3 is 14.5 Å². The molecule has 0 atom stereocenters. The van der Waals surface area contributed by atoms with Gasteiger partial charge in [-0.3, -0.25) is 0 Å². The Labute approximate surface area is 159 Å². The van der Waals surface area contributed by atoms with Crippen LogP contribution < -0.4 is 14.5 Å². The van der Waals surface area contributed by atoms with Crippen LogP contribution in [0.4, 0.5) is 22.7 Å². The smallest absolute Gasteiger partial charge is 0.151 e. The average molecular weight is 352 g/mol. The summed E-state index contributed by atoms with van der Waals surface area (Å²) >= 11 is 0.